The second-order valence-corrected chi connectivity index (χ2v) is 5.80. The lowest BCUT2D eigenvalue weighted by Gasteiger charge is -2.14. The highest BCUT2D eigenvalue weighted by Gasteiger charge is 2.18. The van der Waals surface area contributed by atoms with Gasteiger partial charge in [-0.25, -0.2) is 0 Å². The average molecular weight is 363 g/mol. The largest absolute Gasteiger partial charge is 0.496 e. The van der Waals surface area contributed by atoms with Crippen molar-refractivity contribution in [1.29, 1.82) is 0 Å². The van der Waals surface area contributed by atoms with Gasteiger partial charge in [-0.3, -0.25) is 4.79 Å². The molecule has 1 N–H and O–H groups in total. The molecule has 0 radical (unpaired) electrons. The van der Waals surface area contributed by atoms with E-state index < -0.39 is 0 Å². The van der Waals surface area contributed by atoms with Gasteiger partial charge in [-0.1, -0.05) is 42.5 Å². The van der Waals surface area contributed by atoms with Gasteiger partial charge in [0.1, 0.15) is 5.75 Å². The van der Waals surface area contributed by atoms with Crippen molar-refractivity contribution in [3.63, 3.8) is 0 Å². The molecule has 3 rings (SSSR count). The summed E-state index contributed by atoms with van der Waals surface area (Å²) < 4.78 is 15.9. The van der Waals surface area contributed by atoms with Gasteiger partial charge in [0.2, 0.25) is 0 Å². The van der Waals surface area contributed by atoms with E-state index in [1.54, 1.807) is 12.1 Å². The molecular weight excluding hydrogens is 342 g/mol. The average Bonchev–Trinajstić information content (AvgIpc) is 2.73. The fourth-order valence-electron chi connectivity index (χ4n) is 2.78. The number of ether oxygens (including phenoxy) is 3. The van der Waals surface area contributed by atoms with Crippen LogP contribution in [0.4, 0.5) is 5.69 Å². The SMILES string of the molecule is COc1cc(OC)c(C(=O)Nc2ccc(-c3ccccc3)cc2)cc1OC. The zero-order valence-electron chi connectivity index (χ0n) is 15.5. The van der Waals surface area contributed by atoms with Crippen LogP contribution in [-0.2, 0) is 0 Å². The third-order valence-corrected chi connectivity index (χ3v) is 4.20. The third-order valence-electron chi connectivity index (χ3n) is 4.20. The van der Waals surface area contributed by atoms with E-state index >= 15 is 0 Å². The van der Waals surface area contributed by atoms with Gasteiger partial charge in [-0.2, -0.15) is 0 Å². The first-order valence-electron chi connectivity index (χ1n) is 8.43. The molecule has 0 fully saturated rings. The summed E-state index contributed by atoms with van der Waals surface area (Å²) in [7, 11) is 4.56. The molecule has 0 unspecified atom stereocenters. The molecule has 5 nitrogen and oxygen atoms in total. The molecule has 0 heterocycles. The van der Waals surface area contributed by atoms with Crippen LogP contribution in [0.25, 0.3) is 11.1 Å². The van der Waals surface area contributed by atoms with Crippen molar-refractivity contribution in [2.45, 2.75) is 0 Å². The number of hydrogen-bond acceptors (Lipinski definition) is 4. The van der Waals surface area contributed by atoms with E-state index in [0.29, 0.717) is 28.5 Å². The van der Waals surface area contributed by atoms with Gasteiger partial charge >= 0.3 is 0 Å². The summed E-state index contributed by atoms with van der Waals surface area (Å²) >= 11 is 0. The zero-order valence-corrected chi connectivity index (χ0v) is 15.5. The summed E-state index contributed by atoms with van der Waals surface area (Å²) in [6, 6.07) is 21.0. The number of nitrogens with one attached hydrogen (secondary N) is 1. The Morgan fingerprint density at radius 2 is 1.26 bits per heavy atom. The van der Waals surface area contributed by atoms with Gasteiger partial charge < -0.3 is 19.5 Å². The highest BCUT2D eigenvalue weighted by Crippen LogP contribution is 2.35. The quantitative estimate of drug-likeness (QED) is 0.694. The smallest absolute Gasteiger partial charge is 0.259 e. The van der Waals surface area contributed by atoms with Gasteiger partial charge in [0.05, 0.1) is 26.9 Å². The minimum Gasteiger partial charge on any atom is -0.496 e. The van der Waals surface area contributed by atoms with Crippen LogP contribution < -0.4 is 19.5 Å². The Balaban J connectivity index is 1.83. The molecule has 0 bridgehead atoms. The topological polar surface area (TPSA) is 56.8 Å². The molecule has 0 aliphatic heterocycles. The van der Waals surface area contributed by atoms with Crippen molar-refractivity contribution >= 4 is 11.6 Å². The van der Waals surface area contributed by atoms with E-state index in [1.807, 2.05) is 54.6 Å². The number of carbonyl (C=O) groups is 1. The number of amides is 1. The number of rotatable bonds is 6. The summed E-state index contributed by atoms with van der Waals surface area (Å²) in [5, 5.41) is 2.89. The molecule has 27 heavy (non-hydrogen) atoms. The lowest BCUT2D eigenvalue weighted by Crippen LogP contribution is -2.13. The van der Waals surface area contributed by atoms with Gasteiger partial charge in [0.15, 0.2) is 11.5 Å². The first-order valence-corrected chi connectivity index (χ1v) is 8.43. The fraction of sp³-hybridized carbons (Fsp3) is 0.136. The van der Waals surface area contributed by atoms with Crippen LogP contribution in [0.1, 0.15) is 10.4 Å². The number of anilines is 1. The Morgan fingerprint density at radius 1 is 0.704 bits per heavy atom. The molecule has 1 amide bonds. The summed E-state index contributed by atoms with van der Waals surface area (Å²) in [4.78, 5) is 12.7. The lowest BCUT2D eigenvalue weighted by atomic mass is 10.1. The second kappa shape index (κ2) is 8.27. The predicted octanol–water partition coefficient (Wildman–Crippen LogP) is 4.63. The minimum absolute atomic E-state index is 0.291. The summed E-state index contributed by atoms with van der Waals surface area (Å²) in [6.07, 6.45) is 0. The molecule has 138 valence electrons. The predicted molar refractivity (Wildman–Crippen MR) is 106 cm³/mol. The van der Waals surface area contributed by atoms with Crippen molar-refractivity contribution in [3.8, 4) is 28.4 Å². The van der Waals surface area contributed by atoms with Crippen LogP contribution >= 0.6 is 0 Å². The van der Waals surface area contributed by atoms with Crippen LogP contribution in [0, 0.1) is 0 Å². The van der Waals surface area contributed by atoms with E-state index in [1.165, 1.54) is 21.3 Å². The van der Waals surface area contributed by atoms with Gasteiger partial charge in [-0.05, 0) is 23.3 Å². The maximum absolute atomic E-state index is 12.7. The van der Waals surface area contributed by atoms with Crippen LogP contribution in [0.2, 0.25) is 0 Å². The Labute approximate surface area is 158 Å². The van der Waals surface area contributed by atoms with Gasteiger partial charge in [0.25, 0.3) is 5.91 Å². The van der Waals surface area contributed by atoms with E-state index in [0.717, 1.165) is 11.1 Å². The van der Waals surface area contributed by atoms with E-state index in [2.05, 4.69) is 5.32 Å². The van der Waals surface area contributed by atoms with Crippen molar-refractivity contribution < 1.29 is 19.0 Å². The van der Waals surface area contributed by atoms with Crippen LogP contribution in [0.3, 0.4) is 0 Å². The number of hydrogen-bond donors (Lipinski definition) is 1. The Bertz CT molecular complexity index is 921. The van der Waals surface area contributed by atoms with Crippen molar-refractivity contribution in [2.75, 3.05) is 26.6 Å². The maximum Gasteiger partial charge on any atom is 0.259 e. The molecule has 0 aliphatic rings. The Kier molecular flexibility index (Phi) is 5.61. The number of benzene rings is 3. The van der Waals surface area contributed by atoms with E-state index in [-0.39, 0.29) is 5.91 Å². The van der Waals surface area contributed by atoms with E-state index in [9.17, 15) is 4.79 Å². The van der Waals surface area contributed by atoms with Crippen molar-refractivity contribution in [1.82, 2.24) is 0 Å². The molecule has 0 saturated heterocycles. The Hall–Kier alpha value is -3.47. The molecule has 0 aromatic heterocycles. The number of methoxy groups -OCH3 is 3. The molecule has 3 aromatic rings. The first kappa shape index (κ1) is 18.3. The Morgan fingerprint density at radius 3 is 1.85 bits per heavy atom. The summed E-state index contributed by atoms with van der Waals surface area (Å²) in [6.45, 7) is 0. The monoisotopic (exact) mass is 363 g/mol. The normalized spacial score (nSPS) is 10.2. The summed E-state index contributed by atoms with van der Waals surface area (Å²) in [5.74, 6) is 1.08. The molecular formula is C22H21NO4. The second-order valence-electron chi connectivity index (χ2n) is 5.80. The van der Waals surface area contributed by atoms with Crippen LogP contribution in [-0.4, -0.2) is 27.2 Å². The molecule has 0 atom stereocenters. The molecule has 3 aromatic carbocycles. The highest BCUT2D eigenvalue weighted by atomic mass is 16.5. The molecule has 0 spiro atoms. The standard InChI is InChI=1S/C22H21NO4/c1-25-19-14-21(27-3)20(26-2)13-18(19)22(24)23-17-11-9-16(10-12-17)15-7-5-4-6-8-15/h4-14H,1-3H3,(H,23,24). The van der Waals surface area contributed by atoms with Crippen molar-refractivity contribution in [2.24, 2.45) is 0 Å². The zero-order chi connectivity index (χ0) is 19.2. The first-order chi connectivity index (χ1) is 13.2. The third kappa shape index (κ3) is 4.03. The molecule has 0 saturated carbocycles. The van der Waals surface area contributed by atoms with Crippen molar-refractivity contribution in [3.05, 3.63) is 72.3 Å². The number of carbonyl (C=O) groups excluding carboxylic acids is 1. The van der Waals surface area contributed by atoms with E-state index in [4.69, 9.17) is 14.2 Å². The minimum atomic E-state index is -0.291. The molecule has 5 heteroatoms. The van der Waals surface area contributed by atoms with Gasteiger partial charge in [-0.15, -0.1) is 0 Å². The lowest BCUT2D eigenvalue weighted by molar-refractivity contribution is 0.102. The van der Waals surface area contributed by atoms with Crippen LogP contribution in [0.5, 0.6) is 17.2 Å². The fourth-order valence-corrected chi connectivity index (χ4v) is 2.78. The molecule has 0 aliphatic carbocycles. The summed E-state index contributed by atoms with van der Waals surface area (Å²) in [5.41, 5.74) is 3.26. The van der Waals surface area contributed by atoms with Crippen LogP contribution in [0.15, 0.2) is 66.7 Å². The maximum atomic E-state index is 12.7. The highest BCUT2D eigenvalue weighted by molar-refractivity contribution is 6.06. The van der Waals surface area contributed by atoms with Gasteiger partial charge in [0, 0.05) is 17.8 Å².